The maximum Gasteiger partial charge on any atom is 0.272 e. The quantitative estimate of drug-likeness (QED) is 0.765. The highest BCUT2D eigenvalue weighted by Gasteiger charge is 2.32. The number of carbonyl (C=O) groups excluding carboxylic acids is 1. The van der Waals surface area contributed by atoms with Crippen molar-refractivity contribution in [1.29, 1.82) is 0 Å². The van der Waals surface area contributed by atoms with Crippen LogP contribution in [0.5, 0.6) is 5.75 Å². The topological polar surface area (TPSA) is 29.5 Å². The number of para-hydroxylation sites is 2. The van der Waals surface area contributed by atoms with Gasteiger partial charge in [-0.05, 0) is 12.1 Å². The minimum atomic E-state index is -0.550. The molecule has 0 saturated carbocycles. The molecule has 0 fully saturated rings. The molecule has 2 aromatic rings. The number of likely N-dealkylation sites (N-methyl/N-ethyl adjacent to an activating group) is 1. The summed E-state index contributed by atoms with van der Waals surface area (Å²) >= 11 is 0. The largest absolute Gasteiger partial charge is 0.474 e. The molecule has 0 N–H and O–H groups in total. The summed E-state index contributed by atoms with van der Waals surface area (Å²) in [6.07, 6.45) is -0.550. The highest BCUT2D eigenvalue weighted by atomic mass is 16.5. The highest BCUT2D eigenvalue weighted by Crippen LogP contribution is 2.37. The van der Waals surface area contributed by atoms with Gasteiger partial charge in [-0.25, -0.2) is 0 Å². The normalized spacial score (nSPS) is 18.2. The molecule has 3 heteroatoms. The Kier molecular flexibility index (Phi) is 2.52. The van der Waals surface area contributed by atoms with Crippen molar-refractivity contribution in [3.63, 3.8) is 0 Å². The Labute approximate surface area is 106 Å². The number of anilines is 1. The molecule has 0 radical (unpaired) electrons. The van der Waals surface area contributed by atoms with Crippen LogP contribution in [0.15, 0.2) is 54.6 Å². The molecule has 1 heterocycles. The van der Waals surface area contributed by atoms with E-state index in [1.807, 2.05) is 54.6 Å². The number of rotatable bonds is 1. The van der Waals surface area contributed by atoms with E-state index >= 15 is 0 Å². The minimum absolute atomic E-state index is 0.0418. The molecule has 0 saturated heterocycles. The lowest BCUT2D eigenvalue weighted by molar-refractivity contribution is -0.126. The standard InChI is InChI=1S/C15H13NO2/c1-16-12-9-5-6-10-13(12)18-14(15(16)17)11-7-3-2-4-8-11/h2-10,14H,1H3. The second kappa shape index (κ2) is 4.18. The number of ether oxygens (including phenoxy) is 1. The molecule has 1 aliphatic heterocycles. The Balaban J connectivity index is 2.04. The summed E-state index contributed by atoms with van der Waals surface area (Å²) in [7, 11) is 1.78. The summed E-state index contributed by atoms with van der Waals surface area (Å²) in [5.41, 5.74) is 1.69. The first kappa shape index (κ1) is 10.8. The van der Waals surface area contributed by atoms with Gasteiger partial charge in [0.2, 0.25) is 6.10 Å². The first-order valence-corrected chi connectivity index (χ1v) is 5.85. The van der Waals surface area contributed by atoms with Gasteiger partial charge in [0.1, 0.15) is 5.75 Å². The van der Waals surface area contributed by atoms with Crippen LogP contribution in [0.2, 0.25) is 0 Å². The van der Waals surface area contributed by atoms with Crippen molar-refractivity contribution in [1.82, 2.24) is 0 Å². The number of fused-ring (bicyclic) bond motifs is 1. The number of carbonyl (C=O) groups is 1. The fourth-order valence-corrected chi connectivity index (χ4v) is 2.14. The van der Waals surface area contributed by atoms with Crippen LogP contribution in [0.4, 0.5) is 5.69 Å². The molecule has 1 aliphatic rings. The van der Waals surface area contributed by atoms with Crippen LogP contribution in [0.3, 0.4) is 0 Å². The van der Waals surface area contributed by atoms with E-state index in [2.05, 4.69) is 0 Å². The van der Waals surface area contributed by atoms with Gasteiger partial charge in [-0.2, -0.15) is 0 Å². The molecule has 0 aliphatic carbocycles. The van der Waals surface area contributed by atoms with E-state index in [0.717, 1.165) is 17.0 Å². The van der Waals surface area contributed by atoms with E-state index in [4.69, 9.17) is 4.74 Å². The van der Waals surface area contributed by atoms with Crippen molar-refractivity contribution in [2.24, 2.45) is 0 Å². The van der Waals surface area contributed by atoms with Gasteiger partial charge in [-0.1, -0.05) is 42.5 Å². The molecule has 3 nitrogen and oxygen atoms in total. The third-order valence-electron chi connectivity index (χ3n) is 3.13. The molecule has 3 rings (SSSR count). The number of hydrogen-bond acceptors (Lipinski definition) is 2. The lowest BCUT2D eigenvalue weighted by atomic mass is 10.1. The van der Waals surface area contributed by atoms with Gasteiger partial charge >= 0.3 is 0 Å². The fraction of sp³-hybridized carbons (Fsp3) is 0.133. The van der Waals surface area contributed by atoms with Crippen LogP contribution < -0.4 is 9.64 Å². The molecule has 1 atom stereocenters. The average molecular weight is 239 g/mol. The van der Waals surface area contributed by atoms with Crippen LogP contribution in [-0.4, -0.2) is 13.0 Å². The van der Waals surface area contributed by atoms with E-state index in [1.54, 1.807) is 11.9 Å². The van der Waals surface area contributed by atoms with E-state index in [0.29, 0.717) is 0 Å². The summed E-state index contributed by atoms with van der Waals surface area (Å²) in [6, 6.07) is 17.1. The third kappa shape index (κ3) is 1.64. The van der Waals surface area contributed by atoms with Gasteiger partial charge in [0.05, 0.1) is 5.69 Å². The van der Waals surface area contributed by atoms with E-state index in [9.17, 15) is 4.79 Å². The molecule has 90 valence electrons. The second-order valence-electron chi connectivity index (χ2n) is 4.27. The van der Waals surface area contributed by atoms with Gasteiger partial charge in [-0.15, -0.1) is 0 Å². The summed E-state index contributed by atoms with van der Waals surface area (Å²) in [6.45, 7) is 0. The molecular weight excluding hydrogens is 226 g/mol. The maximum atomic E-state index is 12.3. The number of benzene rings is 2. The number of nitrogens with zero attached hydrogens (tertiary/aromatic N) is 1. The average Bonchev–Trinajstić information content (AvgIpc) is 2.44. The first-order chi connectivity index (χ1) is 8.77. The fourth-order valence-electron chi connectivity index (χ4n) is 2.14. The molecule has 1 unspecified atom stereocenters. The Morgan fingerprint density at radius 1 is 1.00 bits per heavy atom. The zero-order valence-corrected chi connectivity index (χ0v) is 10.0. The zero-order chi connectivity index (χ0) is 12.5. The molecule has 0 aromatic heterocycles. The van der Waals surface area contributed by atoms with Gasteiger partial charge in [0.25, 0.3) is 5.91 Å². The monoisotopic (exact) mass is 239 g/mol. The van der Waals surface area contributed by atoms with Crippen LogP contribution in [0.25, 0.3) is 0 Å². The van der Waals surface area contributed by atoms with Crippen LogP contribution >= 0.6 is 0 Å². The van der Waals surface area contributed by atoms with E-state index < -0.39 is 6.10 Å². The molecular formula is C15H13NO2. The molecule has 0 spiro atoms. The molecule has 2 aromatic carbocycles. The van der Waals surface area contributed by atoms with Gasteiger partial charge < -0.3 is 9.64 Å². The summed E-state index contributed by atoms with van der Waals surface area (Å²) in [5, 5.41) is 0. The second-order valence-corrected chi connectivity index (χ2v) is 4.27. The summed E-state index contributed by atoms with van der Waals surface area (Å²) in [4.78, 5) is 13.9. The molecule has 0 bridgehead atoms. The van der Waals surface area contributed by atoms with Crippen molar-refractivity contribution in [3.8, 4) is 5.75 Å². The van der Waals surface area contributed by atoms with E-state index in [1.165, 1.54) is 0 Å². The highest BCUT2D eigenvalue weighted by molar-refractivity contribution is 6.00. The lowest BCUT2D eigenvalue weighted by Gasteiger charge is -2.32. The first-order valence-electron chi connectivity index (χ1n) is 5.85. The van der Waals surface area contributed by atoms with Gasteiger partial charge in [-0.3, -0.25) is 4.79 Å². The maximum absolute atomic E-state index is 12.3. The predicted molar refractivity (Wildman–Crippen MR) is 69.7 cm³/mol. The Morgan fingerprint density at radius 3 is 2.44 bits per heavy atom. The third-order valence-corrected chi connectivity index (χ3v) is 3.13. The van der Waals surface area contributed by atoms with Gasteiger partial charge in [0, 0.05) is 12.6 Å². The Morgan fingerprint density at radius 2 is 1.67 bits per heavy atom. The summed E-state index contributed by atoms with van der Waals surface area (Å²) < 4.78 is 5.81. The van der Waals surface area contributed by atoms with Crippen LogP contribution in [-0.2, 0) is 4.79 Å². The lowest BCUT2D eigenvalue weighted by Crippen LogP contribution is -2.38. The SMILES string of the molecule is CN1C(=O)C(c2ccccc2)Oc2ccccc21. The van der Waals surface area contributed by atoms with Crippen molar-refractivity contribution < 1.29 is 9.53 Å². The van der Waals surface area contributed by atoms with Crippen molar-refractivity contribution in [3.05, 3.63) is 60.2 Å². The van der Waals surface area contributed by atoms with Gasteiger partial charge in [0.15, 0.2) is 0 Å². The zero-order valence-electron chi connectivity index (χ0n) is 10.0. The Hall–Kier alpha value is -2.29. The van der Waals surface area contributed by atoms with Crippen LogP contribution in [0, 0.1) is 0 Å². The predicted octanol–water partition coefficient (Wildman–Crippen LogP) is 2.78. The van der Waals surface area contributed by atoms with Crippen molar-refractivity contribution in [2.75, 3.05) is 11.9 Å². The smallest absolute Gasteiger partial charge is 0.272 e. The number of hydrogen-bond donors (Lipinski definition) is 0. The van der Waals surface area contributed by atoms with Crippen molar-refractivity contribution >= 4 is 11.6 Å². The number of amides is 1. The molecule has 18 heavy (non-hydrogen) atoms. The summed E-state index contributed by atoms with van der Waals surface area (Å²) in [5.74, 6) is 0.702. The Bertz CT molecular complexity index is 580. The minimum Gasteiger partial charge on any atom is -0.474 e. The molecule has 1 amide bonds. The van der Waals surface area contributed by atoms with E-state index in [-0.39, 0.29) is 5.91 Å². The van der Waals surface area contributed by atoms with Crippen LogP contribution in [0.1, 0.15) is 11.7 Å². The van der Waals surface area contributed by atoms with Crippen molar-refractivity contribution in [2.45, 2.75) is 6.10 Å².